The van der Waals surface area contributed by atoms with Crippen molar-refractivity contribution in [3.05, 3.63) is 194 Å². The summed E-state index contributed by atoms with van der Waals surface area (Å²) in [7, 11) is 5.97. The van der Waals surface area contributed by atoms with Crippen LogP contribution in [0.1, 0.15) is 322 Å². The molecule has 0 fully saturated rings. The molecule has 9 heteroatoms. The molecular weight excluding hydrogens is 1270 g/mol. The Labute approximate surface area is 633 Å². The van der Waals surface area contributed by atoms with Gasteiger partial charge in [-0.2, -0.15) is 0 Å². The van der Waals surface area contributed by atoms with Gasteiger partial charge in [0.25, 0.3) is 6.29 Å². The second-order valence-corrected chi connectivity index (χ2v) is 28.3. The molecule has 0 spiro atoms. The number of ether oxygens (including phenoxy) is 4. The first-order valence-electron chi connectivity index (χ1n) is 41.6. The standard InChI is InChI=1S/C94H153NO8/c1-6-8-10-12-14-16-18-20-22-24-26-28-30-32-34-36-38-40-42-44-45-46-47-49-51-53-55-57-59-61-63-65-67-69-71-73-75-77-79-81-83-85-92(97)103-90(89-102-94(93(98)99)100-87-86-95(3,4)5)88-101-91(96)84-82-80-78-76-74-72-70-68-66-64-62-60-58-56-54-52-50-48-43-41-39-37-35-33-31-29-27-25-23-21-19-17-15-13-11-9-7-2/h8-11,14-17,20-23,26-29,32-35,38,40,44-45,47,49,53,55,59,61,65,67,90,94H,6-7,12-13,18-19,24-25,30-31,36-37,39,41-43,46,48,50-52,54,56-58,60,62-64,66,68-89H2,1-5H3/p+1/b10-8-,11-9-,16-14-,17-15-,22-20-,23-21-,28-26-,29-27-,34-32-,35-33-,40-38-,45-44-,49-47-,55-53-,61-59-,67-65-. The van der Waals surface area contributed by atoms with Crippen LogP contribution in [0.2, 0.25) is 0 Å². The largest absolute Gasteiger partial charge is 0.477 e. The molecule has 0 saturated carbocycles. The van der Waals surface area contributed by atoms with Gasteiger partial charge in [0.1, 0.15) is 13.2 Å². The van der Waals surface area contributed by atoms with Gasteiger partial charge in [0.15, 0.2) is 6.10 Å². The molecule has 0 aromatic rings. The molecule has 0 aromatic heterocycles. The number of rotatable bonds is 75. The average Bonchev–Trinajstić information content (AvgIpc) is 1.01. The Bertz CT molecular complexity index is 2410. The molecule has 0 aliphatic carbocycles. The van der Waals surface area contributed by atoms with Crippen molar-refractivity contribution in [1.82, 2.24) is 0 Å². The molecular formula is C94H154NO8+. The van der Waals surface area contributed by atoms with Crippen molar-refractivity contribution in [3.63, 3.8) is 0 Å². The quantitative estimate of drug-likeness (QED) is 0.0211. The number of carboxylic acid groups (broad SMARTS) is 1. The second-order valence-electron chi connectivity index (χ2n) is 28.3. The molecule has 582 valence electrons. The summed E-state index contributed by atoms with van der Waals surface area (Å²) in [4.78, 5) is 37.8. The summed E-state index contributed by atoms with van der Waals surface area (Å²) in [6.07, 6.45) is 123. The molecule has 2 atom stereocenters. The highest BCUT2D eigenvalue weighted by atomic mass is 16.7. The van der Waals surface area contributed by atoms with Crippen molar-refractivity contribution in [2.24, 2.45) is 0 Å². The Morgan fingerprint density at radius 1 is 0.291 bits per heavy atom. The Kier molecular flexibility index (Phi) is 77.1. The zero-order chi connectivity index (χ0) is 74.6. The molecule has 0 amide bonds. The van der Waals surface area contributed by atoms with Gasteiger partial charge in [0, 0.05) is 12.8 Å². The van der Waals surface area contributed by atoms with Crippen molar-refractivity contribution in [1.29, 1.82) is 0 Å². The zero-order valence-corrected chi connectivity index (χ0v) is 66.7. The number of unbranched alkanes of at least 4 members (excludes halogenated alkanes) is 28. The lowest BCUT2D eigenvalue weighted by Gasteiger charge is -2.25. The number of likely N-dealkylation sites (N-methyl/N-ethyl adjacent to an activating group) is 1. The first kappa shape index (κ1) is 97.1. The summed E-state index contributed by atoms with van der Waals surface area (Å²) in [6.45, 7) is 4.64. The summed E-state index contributed by atoms with van der Waals surface area (Å²) < 4.78 is 23.0. The van der Waals surface area contributed by atoms with Crippen LogP contribution in [0.15, 0.2) is 194 Å². The molecule has 0 aliphatic rings. The van der Waals surface area contributed by atoms with Gasteiger partial charge >= 0.3 is 17.9 Å². The van der Waals surface area contributed by atoms with E-state index in [0.29, 0.717) is 23.9 Å². The minimum Gasteiger partial charge on any atom is -0.477 e. The fourth-order valence-electron chi connectivity index (χ4n) is 11.1. The number of carboxylic acids is 1. The highest BCUT2D eigenvalue weighted by molar-refractivity contribution is 5.71. The Hall–Kier alpha value is -5.87. The number of aliphatic carboxylic acids is 1. The number of esters is 2. The maximum absolute atomic E-state index is 13.0. The number of carbonyl (C=O) groups is 3. The van der Waals surface area contributed by atoms with Gasteiger partial charge in [-0.25, -0.2) is 4.79 Å². The van der Waals surface area contributed by atoms with E-state index in [1.165, 1.54) is 141 Å². The molecule has 1 N–H and O–H groups in total. The third-order valence-electron chi connectivity index (χ3n) is 17.3. The first-order chi connectivity index (χ1) is 50.6. The smallest absolute Gasteiger partial charge is 0.361 e. The van der Waals surface area contributed by atoms with Gasteiger partial charge in [0.05, 0.1) is 34.4 Å². The summed E-state index contributed by atoms with van der Waals surface area (Å²) in [5.41, 5.74) is 0. The third kappa shape index (κ3) is 83.3. The fraction of sp³-hybridized carbons (Fsp3) is 0.628. The van der Waals surface area contributed by atoms with E-state index in [2.05, 4.69) is 208 Å². The predicted molar refractivity (Wildman–Crippen MR) is 446 cm³/mol. The van der Waals surface area contributed by atoms with Crippen LogP contribution < -0.4 is 0 Å². The number of allylic oxidation sites excluding steroid dienone is 32. The van der Waals surface area contributed by atoms with E-state index in [4.69, 9.17) is 18.9 Å². The van der Waals surface area contributed by atoms with Crippen LogP contribution in [0.3, 0.4) is 0 Å². The number of quaternary nitrogens is 1. The van der Waals surface area contributed by atoms with Crippen molar-refractivity contribution in [2.75, 3.05) is 47.5 Å². The molecule has 2 unspecified atom stereocenters. The van der Waals surface area contributed by atoms with Crippen LogP contribution in [0.5, 0.6) is 0 Å². The summed E-state index contributed by atoms with van der Waals surface area (Å²) in [6, 6.07) is 0. The third-order valence-corrected chi connectivity index (χ3v) is 17.3. The van der Waals surface area contributed by atoms with E-state index < -0.39 is 24.3 Å². The summed E-state index contributed by atoms with van der Waals surface area (Å²) >= 11 is 0. The van der Waals surface area contributed by atoms with Gasteiger partial charge in [-0.3, -0.25) is 9.59 Å². The highest BCUT2D eigenvalue weighted by Crippen LogP contribution is 2.18. The molecule has 0 saturated heterocycles. The van der Waals surface area contributed by atoms with E-state index in [9.17, 15) is 19.5 Å². The lowest BCUT2D eigenvalue weighted by atomic mass is 10.0. The SMILES string of the molecule is CC/C=C\C/C=C\C/C=C\C/C=C\C/C=C\C/C=C\C/C=C\C/C=C\C/C=C\C/C=C\C/C=C\CCCCCCCCCC(=O)OC(COC(=O)CCCCCCCCCCCCCCCCCCCCCCC/C=C\C/C=C\C/C=C\C/C=C\C/C=C\CC)COC(OCC[N+](C)(C)C)C(=O)O. The van der Waals surface area contributed by atoms with Crippen LogP contribution >= 0.6 is 0 Å². The molecule has 0 bridgehead atoms. The molecule has 0 aromatic carbocycles. The molecule has 0 heterocycles. The van der Waals surface area contributed by atoms with Crippen LogP contribution in [0.4, 0.5) is 0 Å². The lowest BCUT2D eigenvalue weighted by molar-refractivity contribution is -0.870. The Balaban J connectivity index is 4.10. The fourth-order valence-corrected chi connectivity index (χ4v) is 11.1. The predicted octanol–water partition coefficient (Wildman–Crippen LogP) is 27.3. The van der Waals surface area contributed by atoms with Gasteiger partial charge in [-0.05, 0) is 141 Å². The van der Waals surface area contributed by atoms with E-state index in [1.54, 1.807) is 0 Å². The van der Waals surface area contributed by atoms with Crippen molar-refractivity contribution in [2.45, 2.75) is 334 Å². The first-order valence-corrected chi connectivity index (χ1v) is 41.6. The van der Waals surface area contributed by atoms with Crippen LogP contribution in [-0.4, -0.2) is 87.4 Å². The molecule has 0 rings (SSSR count). The Morgan fingerprint density at radius 3 is 0.777 bits per heavy atom. The minimum absolute atomic E-state index is 0.178. The maximum atomic E-state index is 13.0. The average molecular weight is 1430 g/mol. The van der Waals surface area contributed by atoms with Gasteiger partial charge in [-0.1, -0.05) is 362 Å². The Morgan fingerprint density at radius 2 is 0.524 bits per heavy atom. The number of hydrogen-bond donors (Lipinski definition) is 1. The summed E-state index contributed by atoms with van der Waals surface area (Å²) in [5.74, 6) is -2.02. The van der Waals surface area contributed by atoms with E-state index in [1.807, 2.05) is 21.1 Å². The summed E-state index contributed by atoms with van der Waals surface area (Å²) in [5, 5.41) is 9.78. The van der Waals surface area contributed by atoms with E-state index in [0.717, 1.165) is 148 Å². The van der Waals surface area contributed by atoms with E-state index in [-0.39, 0.29) is 32.2 Å². The number of hydrogen-bond acceptors (Lipinski definition) is 7. The van der Waals surface area contributed by atoms with Gasteiger partial charge in [-0.15, -0.1) is 0 Å². The molecule has 0 radical (unpaired) electrons. The maximum Gasteiger partial charge on any atom is 0.361 e. The van der Waals surface area contributed by atoms with Crippen LogP contribution in [0.25, 0.3) is 0 Å². The second kappa shape index (κ2) is 81.8. The molecule has 0 aliphatic heterocycles. The molecule has 9 nitrogen and oxygen atoms in total. The monoisotopic (exact) mass is 1430 g/mol. The topological polar surface area (TPSA) is 108 Å². The number of carbonyl (C=O) groups excluding carboxylic acids is 2. The minimum atomic E-state index is -1.53. The van der Waals surface area contributed by atoms with Crippen molar-refractivity contribution in [3.8, 4) is 0 Å². The zero-order valence-electron chi connectivity index (χ0n) is 66.7. The normalized spacial score (nSPS) is 13.7. The van der Waals surface area contributed by atoms with Gasteiger partial charge in [0.2, 0.25) is 0 Å². The van der Waals surface area contributed by atoms with Gasteiger partial charge < -0.3 is 28.5 Å². The number of nitrogens with zero attached hydrogens (tertiary/aromatic N) is 1. The highest BCUT2D eigenvalue weighted by Gasteiger charge is 2.25. The lowest BCUT2D eigenvalue weighted by Crippen LogP contribution is -2.40. The van der Waals surface area contributed by atoms with E-state index >= 15 is 0 Å². The van der Waals surface area contributed by atoms with Crippen molar-refractivity contribution >= 4 is 17.9 Å². The van der Waals surface area contributed by atoms with Crippen LogP contribution in [0, 0.1) is 0 Å². The van der Waals surface area contributed by atoms with Crippen LogP contribution in [-0.2, 0) is 33.3 Å². The van der Waals surface area contributed by atoms with Crippen molar-refractivity contribution < 1.29 is 42.9 Å². The molecule has 103 heavy (non-hydrogen) atoms.